The highest BCUT2D eigenvalue weighted by Gasteiger charge is 2.82. The Balaban J connectivity index is 2.59. The second-order valence-electron chi connectivity index (χ2n) is 1.32. The zero-order valence-corrected chi connectivity index (χ0v) is 5.20. The molecule has 0 aromatic rings. The van der Waals surface area contributed by atoms with E-state index in [0.717, 1.165) is 0 Å². The van der Waals surface area contributed by atoms with Crippen molar-refractivity contribution in [3.05, 3.63) is 0 Å². The highest BCUT2D eigenvalue weighted by Crippen LogP contribution is 2.26. The molecule has 5 nitrogen and oxygen atoms in total. The molecule has 0 aromatic heterocycles. The van der Waals surface area contributed by atoms with Crippen molar-refractivity contribution in [2.45, 2.75) is 0 Å². The Hall–Kier alpha value is 0.234. The Morgan fingerprint density at radius 3 is 1.00 bits per heavy atom. The molecule has 1 heterocycles. The minimum absolute atomic E-state index is 3.79. The van der Waals surface area contributed by atoms with E-state index in [2.05, 4.69) is 4.12 Å². The van der Waals surface area contributed by atoms with Gasteiger partial charge in [0.25, 0.3) is 0 Å². The van der Waals surface area contributed by atoms with Gasteiger partial charge in [-0.25, -0.2) is 0 Å². The molecule has 0 spiro atoms. The van der Waals surface area contributed by atoms with E-state index in [0.29, 0.717) is 0 Å². The highest BCUT2D eigenvalue weighted by molar-refractivity contribution is 7.38. The maximum absolute atomic E-state index is 8.19. The molecule has 4 N–H and O–H groups in total. The van der Waals surface area contributed by atoms with E-state index in [9.17, 15) is 0 Å². The fourth-order valence-corrected chi connectivity index (χ4v) is 3.20. The van der Waals surface area contributed by atoms with Gasteiger partial charge in [0.1, 0.15) is 0 Å². The van der Waals surface area contributed by atoms with Gasteiger partial charge in [-0.3, -0.25) is 0 Å². The summed E-state index contributed by atoms with van der Waals surface area (Å²) in [5, 5.41) is 0. The third kappa shape index (κ3) is 0.638. The first-order valence-corrected chi connectivity index (χ1v) is 6.16. The number of hydrogen-bond donors (Lipinski definition) is 4. The van der Waals surface area contributed by atoms with Gasteiger partial charge in [-0.1, -0.05) is 0 Å². The van der Waals surface area contributed by atoms with Crippen LogP contribution >= 0.6 is 0 Å². The molecular formula is H4O5Si2. The summed E-state index contributed by atoms with van der Waals surface area (Å²) in [6.07, 6.45) is 0. The average molecular weight is 140 g/mol. The fourth-order valence-electron chi connectivity index (χ4n) is 0.173. The van der Waals surface area contributed by atoms with Gasteiger partial charge in [-0.15, -0.1) is 0 Å². The van der Waals surface area contributed by atoms with Crippen molar-refractivity contribution in [1.82, 2.24) is 0 Å². The molecule has 0 radical (unpaired) electrons. The predicted molar refractivity (Wildman–Crippen MR) is 21.5 cm³/mol. The van der Waals surface area contributed by atoms with Gasteiger partial charge in [0.2, 0.25) is 0 Å². The molecule has 1 aliphatic rings. The Labute approximate surface area is 40.9 Å². The van der Waals surface area contributed by atoms with Crippen molar-refractivity contribution >= 4 is 16.6 Å². The molecular weight excluding hydrogens is 136 g/mol. The first kappa shape index (κ1) is 5.37. The average Bonchev–Trinajstić information content (AvgIpc) is 1.63. The van der Waals surface area contributed by atoms with E-state index in [1.165, 1.54) is 0 Å². The molecule has 7 heteroatoms. The summed E-state index contributed by atoms with van der Waals surface area (Å²) in [4.78, 5) is 32.8. The maximum atomic E-state index is 8.19. The lowest BCUT2D eigenvalue weighted by molar-refractivity contribution is 0.310. The largest absolute Gasteiger partial charge is 0.563 e. The van der Waals surface area contributed by atoms with Crippen LogP contribution in [0.25, 0.3) is 0 Å². The van der Waals surface area contributed by atoms with Crippen molar-refractivity contribution in [3.8, 4) is 0 Å². The lowest BCUT2D eigenvalue weighted by Crippen LogP contribution is -2.35. The lowest BCUT2D eigenvalue weighted by atomic mass is 15.7. The van der Waals surface area contributed by atoms with Crippen molar-refractivity contribution in [1.29, 1.82) is 0 Å². The third-order valence-corrected chi connectivity index (χ3v) is 6.00. The first-order valence-electron chi connectivity index (χ1n) is 1.55. The van der Waals surface area contributed by atoms with Gasteiger partial charge in [0.05, 0.1) is 0 Å². The zero-order chi connectivity index (χ0) is 5.71. The molecule has 7 heavy (non-hydrogen) atoms. The summed E-state index contributed by atoms with van der Waals surface area (Å²) in [6.45, 7) is 0. The first-order chi connectivity index (χ1) is 2.96. The van der Waals surface area contributed by atoms with E-state index in [-0.39, 0.29) is 0 Å². The summed E-state index contributed by atoms with van der Waals surface area (Å²) in [7, 11) is -7.68. The predicted octanol–water partition coefficient (Wildman–Crippen LogP) is -3.06. The smallest absolute Gasteiger partial charge is 0.388 e. The molecule has 0 bridgehead atoms. The zero-order valence-electron chi connectivity index (χ0n) is 3.20. The van der Waals surface area contributed by atoms with E-state index < -0.39 is 16.6 Å². The van der Waals surface area contributed by atoms with Crippen LogP contribution in [0.5, 0.6) is 0 Å². The van der Waals surface area contributed by atoms with Gasteiger partial charge < -0.3 is 23.3 Å². The second kappa shape index (κ2) is 0.975. The Kier molecular flexibility index (Phi) is 0.748. The summed E-state index contributed by atoms with van der Waals surface area (Å²) >= 11 is 0. The van der Waals surface area contributed by atoms with E-state index in [1.54, 1.807) is 0 Å². The van der Waals surface area contributed by atoms with Gasteiger partial charge in [-0.05, 0) is 0 Å². The Bertz CT molecular complexity index is 82.3. The minimum atomic E-state index is -3.84. The molecule has 42 valence electrons. The van der Waals surface area contributed by atoms with E-state index >= 15 is 0 Å². The highest BCUT2D eigenvalue weighted by atomic mass is 29.4. The molecule has 0 aromatic carbocycles. The molecule has 0 aliphatic carbocycles. The fraction of sp³-hybridized carbons (Fsp3) is 0. The van der Waals surface area contributed by atoms with Crippen LogP contribution in [0.1, 0.15) is 0 Å². The monoisotopic (exact) mass is 140 g/mol. The molecule has 1 fully saturated rings. The Morgan fingerprint density at radius 1 is 0.857 bits per heavy atom. The van der Waals surface area contributed by atoms with E-state index in [4.69, 9.17) is 19.2 Å². The summed E-state index contributed by atoms with van der Waals surface area (Å²) in [6, 6.07) is 0. The number of hydrogen-bond acceptors (Lipinski definition) is 5. The quantitative estimate of drug-likeness (QED) is 0.212. The summed E-state index contributed by atoms with van der Waals surface area (Å²) in [5.74, 6) is 0. The molecule has 0 amide bonds. The number of rotatable bonds is 0. The van der Waals surface area contributed by atoms with Crippen LogP contribution < -0.4 is 0 Å². The van der Waals surface area contributed by atoms with Crippen molar-refractivity contribution < 1.29 is 23.3 Å². The Morgan fingerprint density at radius 2 is 1.00 bits per heavy atom. The lowest BCUT2D eigenvalue weighted by Gasteiger charge is -1.83. The van der Waals surface area contributed by atoms with Crippen molar-refractivity contribution in [2.75, 3.05) is 0 Å². The SMILES string of the molecule is O[Si]1(O)O[Si]1(O)O. The molecule has 0 atom stereocenters. The van der Waals surface area contributed by atoms with Crippen molar-refractivity contribution in [2.24, 2.45) is 0 Å². The van der Waals surface area contributed by atoms with Crippen LogP contribution in [-0.2, 0) is 4.12 Å². The molecule has 1 rings (SSSR count). The van der Waals surface area contributed by atoms with Crippen LogP contribution in [0.2, 0.25) is 0 Å². The summed E-state index contributed by atoms with van der Waals surface area (Å²) < 4.78 is 3.79. The second-order valence-corrected chi connectivity index (χ2v) is 8.48. The molecule has 0 saturated carbocycles. The van der Waals surface area contributed by atoms with Gasteiger partial charge >= 0.3 is 16.6 Å². The maximum Gasteiger partial charge on any atom is 0.563 e. The van der Waals surface area contributed by atoms with Gasteiger partial charge in [0.15, 0.2) is 0 Å². The van der Waals surface area contributed by atoms with Crippen LogP contribution in [0.4, 0.5) is 0 Å². The van der Waals surface area contributed by atoms with Crippen LogP contribution in [-0.4, -0.2) is 35.8 Å². The summed E-state index contributed by atoms with van der Waals surface area (Å²) in [5.41, 5.74) is 0. The molecule has 1 aliphatic heterocycles. The topological polar surface area (TPSA) is 93.5 Å². The van der Waals surface area contributed by atoms with Crippen LogP contribution in [0.15, 0.2) is 0 Å². The molecule has 0 unspecified atom stereocenters. The normalized spacial score (nSPS) is 32.6. The van der Waals surface area contributed by atoms with Crippen LogP contribution in [0, 0.1) is 0 Å². The van der Waals surface area contributed by atoms with Gasteiger partial charge in [0, 0.05) is 0 Å². The van der Waals surface area contributed by atoms with Crippen LogP contribution in [0.3, 0.4) is 0 Å². The van der Waals surface area contributed by atoms with E-state index in [1.807, 2.05) is 0 Å². The van der Waals surface area contributed by atoms with Gasteiger partial charge in [-0.2, -0.15) is 0 Å². The molecule has 1 saturated heterocycles. The third-order valence-electron chi connectivity index (χ3n) is 0.667. The minimum Gasteiger partial charge on any atom is -0.388 e. The standard InChI is InChI=1S/H4O5Si2/c1-6(2)5-7(6,3)4/h1-4H. The van der Waals surface area contributed by atoms with Crippen molar-refractivity contribution in [3.63, 3.8) is 0 Å².